The van der Waals surface area contributed by atoms with E-state index in [1.807, 2.05) is 36.4 Å². The number of nitrogens with one attached hydrogen (secondary N) is 2. The van der Waals surface area contributed by atoms with E-state index >= 15 is 0 Å². The van der Waals surface area contributed by atoms with Crippen LogP contribution in [0.1, 0.15) is 18.4 Å². The molecule has 4 rings (SSSR count). The van der Waals surface area contributed by atoms with E-state index in [1.165, 1.54) is 7.11 Å². The van der Waals surface area contributed by atoms with Crippen molar-refractivity contribution in [2.24, 2.45) is 0 Å². The van der Waals surface area contributed by atoms with Gasteiger partial charge in [-0.1, -0.05) is 54.2 Å². The first-order chi connectivity index (χ1) is 19.0. The summed E-state index contributed by atoms with van der Waals surface area (Å²) in [6.45, 7) is 0.748. The van der Waals surface area contributed by atoms with Gasteiger partial charge in [-0.3, -0.25) is 19.0 Å². The molecule has 3 aromatic carbocycles. The smallest absolute Gasteiger partial charge is 0.262 e. The van der Waals surface area contributed by atoms with Crippen molar-refractivity contribution in [1.29, 1.82) is 0 Å². The Hall–Kier alpha value is -4.31. The maximum atomic E-state index is 13.3. The first kappa shape index (κ1) is 27.7. The van der Waals surface area contributed by atoms with E-state index in [0.29, 0.717) is 52.8 Å². The Kier molecular flexibility index (Phi) is 9.58. The molecule has 0 unspecified atom stereocenters. The van der Waals surface area contributed by atoms with Crippen molar-refractivity contribution in [3.8, 4) is 11.5 Å². The first-order valence-corrected chi connectivity index (χ1v) is 13.4. The maximum Gasteiger partial charge on any atom is 0.262 e. The molecule has 0 atom stereocenters. The lowest BCUT2D eigenvalue weighted by Crippen LogP contribution is -2.26. The third-order valence-electron chi connectivity index (χ3n) is 5.96. The van der Waals surface area contributed by atoms with Gasteiger partial charge < -0.3 is 20.1 Å². The number of amides is 2. The number of nitrogens with zero attached hydrogens (tertiary/aromatic N) is 2. The summed E-state index contributed by atoms with van der Waals surface area (Å²) in [5, 5.41) is 6.64. The minimum Gasteiger partial charge on any atom is -0.497 e. The van der Waals surface area contributed by atoms with Crippen LogP contribution in [0.25, 0.3) is 10.9 Å². The normalized spacial score (nSPS) is 10.7. The number of ether oxygens (including phenoxy) is 2. The van der Waals surface area contributed by atoms with Crippen molar-refractivity contribution in [3.63, 3.8) is 0 Å². The van der Waals surface area contributed by atoms with Gasteiger partial charge in [0.15, 0.2) is 5.16 Å². The van der Waals surface area contributed by atoms with Crippen LogP contribution < -0.4 is 25.7 Å². The van der Waals surface area contributed by atoms with E-state index in [1.54, 1.807) is 48.1 Å². The fraction of sp³-hybridized carbons (Fsp3) is 0.241. The number of aromatic nitrogens is 2. The monoisotopic (exact) mass is 546 g/mol. The number of hydrogen-bond acceptors (Lipinski definition) is 7. The lowest BCUT2D eigenvalue weighted by Gasteiger charge is -2.14. The highest BCUT2D eigenvalue weighted by molar-refractivity contribution is 7.99. The molecule has 0 bridgehead atoms. The van der Waals surface area contributed by atoms with Crippen LogP contribution in [0, 0.1) is 0 Å². The molecule has 0 aliphatic rings. The number of benzene rings is 3. The van der Waals surface area contributed by atoms with Crippen LogP contribution >= 0.6 is 11.8 Å². The second-order valence-corrected chi connectivity index (χ2v) is 9.58. The number of fused-ring (bicyclic) bond motifs is 1. The standard InChI is InChI=1S/C29H30N4O5S/c1-37-21-14-15-24(25(17-21)38-2)31-27(35)19-39-29-32-23-12-7-6-11-22(23)28(36)33(29)16-8-13-26(34)30-18-20-9-4-3-5-10-20/h3-7,9-12,14-15,17H,8,13,16,18-19H2,1-2H3,(H,30,34)(H,31,35). The Labute approximate surface area is 230 Å². The number of carbonyl (C=O) groups excluding carboxylic acids is 2. The predicted octanol–water partition coefficient (Wildman–Crippen LogP) is 4.24. The highest BCUT2D eigenvalue weighted by atomic mass is 32.2. The summed E-state index contributed by atoms with van der Waals surface area (Å²) in [6.07, 6.45) is 0.706. The molecule has 0 fully saturated rings. The van der Waals surface area contributed by atoms with Gasteiger partial charge in [0.05, 0.1) is 36.6 Å². The minimum atomic E-state index is -0.280. The summed E-state index contributed by atoms with van der Waals surface area (Å²) in [5.41, 5.74) is 1.88. The van der Waals surface area contributed by atoms with Crippen molar-refractivity contribution >= 4 is 40.2 Å². The van der Waals surface area contributed by atoms with Gasteiger partial charge in [0.25, 0.3) is 5.56 Å². The molecular weight excluding hydrogens is 516 g/mol. The van der Waals surface area contributed by atoms with E-state index < -0.39 is 0 Å². The average Bonchev–Trinajstić information content (AvgIpc) is 2.97. The van der Waals surface area contributed by atoms with Gasteiger partial charge in [-0.05, 0) is 36.2 Å². The van der Waals surface area contributed by atoms with Gasteiger partial charge in [-0.25, -0.2) is 4.98 Å². The Morgan fingerprint density at radius 1 is 0.949 bits per heavy atom. The Morgan fingerprint density at radius 3 is 2.49 bits per heavy atom. The number of thioether (sulfide) groups is 1. The second kappa shape index (κ2) is 13.5. The Bertz CT molecular complexity index is 1510. The fourth-order valence-electron chi connectivity index (χ4n) is 3.96. The van der Waals surface area contributed by atoms with E-state index in [0.717, 1.165) is 17.3 Å². The lowest BCUT2D eigenvalue weighted by atomic mass is 10.2. The highest BCUT2D eigenvalue weighted by Crippen LogP contribution is 2.29. The van der Waals surface area contributed by atoms with E-state index in [9.17, 15) is 14.4 Å². The number of methoxy groups -OCH3 is 2. The molecule has 0 spiro atoms. The molecule has 0 saturated carbocycles. The molecule has 2 amide bonds. The molecule has 1 heterocycles. The number of anilines is 1. The lowest BCUT2D eigenvalue weighted by molar-refractivity contribution is -0.121. The zero-order valence-corrected chi connectivity index (χ0v) is 22.6. The molecule has 0 aliphatic carbocycles. The summed E-state index contributed by atoms with van der Waals surface area (Å²) in [5.74, 6) is 0.731. The Morgan fingerprint density at radius 2 is 1.72 bits per heavy atom. The quantitative estimate of drug-likeness (QED) is 0.202. The summed E-state index contributed by atoms with van der Waals surface area (Å²) >= 11 is 1.16. The highest BCUT2D eigenvalue weighted by Gasteiger charge is 2.15. The van der Waals surface area contributed by atoms with Crippen LogP contribution in [-0.4, -0.2) is 41.3 Å². The van der Waals surface area contributed by atoms with Crippen LogP contribution in [0.3, 0.4) is 0 Å². The van der Waals surface area contributed by atoms with Crippen LogP contribution in [-0.2, 0) is 22.7 Å². The van der Waals surface area contributed by atoms with Crippen LogP contribution in [0.15, 0.2) is 82.7 Å². The van der Waals surface area contributed by atoms with Crippen LogP contribution in [0.5, 0.6) is 11.5 Å². The van der Waals surface area contributed by atoms with E-state index in [-0.39, 0.29) is 29.5 Å². The second-order valence-electron chi connectivity index (χ2n) is 8.64. The largest absolute Gasteiger partial charge is 0.497 e. The molecule has 0 saturated heterocycles. The van der Waals surface area contributed by atoms with Gasteiger partial charge in [0, 0.05) is 25.6 Å². The number of para-hydroxylation sites is 1. The molecular formula is C29H30N4O5S. The summed E-state index contributed by atoms with van der Waals surface area (Å²) in [4.78, 5) is 43.1. The van der Waals surface area contributed by atoms with Gasteiger partial charge in [0.1, 0.15) is 11.5 Å². The van der Waals surface area contributed by atoms with Crippen molar-refractivity contribution in [1.82, 2.24) is 14.9 Å². The molecule has 39 heavy (non-hydrogen) atoms. The van der Waals surface area contributed by atoms with Crippen molar-refractivity contribution < 1.29 is 19.1 Å². The molecule has 1 aromatic heterocycles. The minimum absolute atomic E-state index is 0.0253. The molecule has 4 aromatic rings. The molecule has 9 nitrogen and oxygen atoms in total. The summed E-state index contributed by atoms with van der Waals surface area (Å²) in [6, 6.07) is 21.9. The topological polar surface area (TPSA) is 112 Å². The number of carbonyl (C=O) groups is 2. The SMILES string of the molecule is COc1ccc(NC(=O)CSc2nc3ccccc3c(=O)n2CCCC(=O)NCc2ccccc2)c(OC)c1. The molecule has 10 heteroatoms. The molecule has 0 radical (unpaired) electrons. The Balaban J connectivity index is 1.42. The van der Waals surface area contributed by atoms with E-state index in [2.05, 4.69) is 15.6 Å². The zero-order valence-electron chi connectivity index (χ0n) is 21.8. The number of hydrogen-bond donors (Lipinski definition) is 2. The van der Waals surface area contributed by atoms with Gasteiger partial charge in [-0.2, -0.15) is 0 Å². The van der Waals surface area contributed by atoms with Gasteiger partial charge in [-0.15, -0.1) is 0 Å². The fourth-order valence-corrected chi connectivity index (χ4v) is 4.78. The first-order valence-electron chi connectivity index (χ1n) is 12.4. The van der Waals surface area contributed by atoms with Crippen LogP contribution in [0.4, 0.5) is 5.69 Å². The summed E-state index contributed by atoms with van der Waals surface area (Å²) in [7, 11) is 3.07. The maximum absolute atomic E-state index is 13.3. The van der Waals surface area contributed by atoms with Crippen molar-refractivity contribution in [3.05, 3.63) is 88.7 Å². The average molecular weight is 547 g/mol. The molecule has 0 aliphatic heterocycles. The van der Waals surface area contributed by atoms with Gasteiger partial charge >= 0.3 is 0 Å². The van der Waals surface area contributed by atoms with Crippen LogP contribution in [0.2, 0.25) is 0 Å². The van der Waals surface area contributed by atoms with Crippen molar-refractivity contribution in [2.75, 3.05) is 25.3 Å². The third-order valence-corrected chi connectivity index (χ3v) is 6.94. The van der Waals surface area contributed by atoms with Crippen molar-refractivity contribution in [2.45, 2.75) is 31.1 Å². The predicted molar refractivity (Wildman–Crippen MR) is 152 cm³/mol. The zero-order chi connectivity index (χ0) is 27.6. The van der Waals surface area contributed by atoms with E-state index in [4.69, 9.17) is 9.47 Å². The third kappa shape index (κ3) is 7.38. The molecule has 2 N–H and O–H groups in total. The molecule has 202 valence electrons. The number of rotatable bonds is 12. The van der Waals surface area contributed by atoms with Gasteiger partial charge in [0.2, 0.25) is 11.8 Å². The summed E-state index contributed by atoms with van der Waals surface area (Å²) < 4.78 is 12.1.